The van der Waals surface area contributed by atoms with Gasteiger partial charge in [0.1, 0.15) is 0 Å². The minimum absolute atomic E-state index is 0.467. The topological polar surface area (TPSA) is 65.4 Å². The summed E-state index contributed by atoms with van der Waals surface area (Å²) in [5, 5.41) is 12.9. The highest BCUT2D eigenvalue weighted by atomic mass is 32.1. The van der Waals surface area contributed by atoms with Crippen molar-refractivity contribution >= 4 is 33.8 Å². The van der Waals surface area contributed by atoms with Crippen LogP contribution in [0.25, 0.3) is 0 Å². The fourth-order valence-corrected chi connectivity index (χ4v) is 3.50. The molecule has 132 valence electrons. The molecule has 0 aliphatic rings. The van der Waals surface area contributed by atoms with E-state index in [9.17, 15) is 0 Å². The molecular formula is C16H26N6S2. The lowest BCUT2D eigenvalue weighted by molar-refractivity contribution is 0.796. The maximum absolute atomic E-state index is 4.62. The molecule has 2 N–H and O–H groups in total. The van der Waals surface area contributed by atoms with Crippen molar-refractivity contribution in [3.05, 3.63) is 27.2 Å². The van der Waals surface area contributed by atoms with Crippen LogP contribution in [-0.2, 0) is 13.1 Å². The van der Waals surface area contributed by atoms with Crippen LogP contribution in [0.3, 0.4) is 0 Å². The number of rotatable bonds is 7. The van der Waals surface area contributed by atoms with Gasteiger partial charge in [-0.05, 0) is 6.92 Å². The first-order valence-electron chi connectivity index (χ1n) is 8.07. The predicted octanol–water partition coefficient (Wildman–Crippen LogP) is 3.04. The van der Waals surface area contributed by atoms with Crippen LogP contribution in [0.4, 0.5) is 5.13 Å². The Bertz CT molecular complexity index is 659. The van der Waals surface area contributed by atoms with Crippen molar-refractivity contribution in [3.63, 3.8) is 0 Å². The Morgan fingerprint density at radius 3 is 2.50 bits per heavy atom. The molecule has 0 atom stereocenters. The fourth-order valence-electron chi connectivity index (χ4n) is 1.92. The van der Waals surface area contributed by atoms with Gasteiger partial charge in [0.25, 0.3) is 0 Å². The fraction of sp³-hybridized carbons (Fsp3) is 0.562. The molecule has 2 rings (SSSR count). The molecule has 8 heteroatoms. The number of nitrogens with one attached hydrogen (secondary N) is 2. The molecule has 0 spiro atoms. The van der Waals surface area contributed by atoms with Crippen LogP contribution < -0.4 is 15.5 Å². The summed E-state index contributed by atoms with van der Waals surface area (Å²) in [7, 11) is 4.00. The van der Waals surface area contributed by atoms with Crippen molar-refractivity contribution in [3.8, 4) is 0 Å². The van der Waals surface area contributed by atoms with E-state index in [0.717, 1.165) is 34.0 Å². The molecule has 6 nitrogen and oxygen atoms in total. The molecule has 0 aromatic carbocycles. The molecule has 0 aliphatic heterocycles. The van der Waals surface area contributed by atoms with Crippen molar-refractivity contribution in [2.45, 2.75) is 39.8 Å². The first-order chi connectivity index (χ1) is 11.5. The van der Waals surface area contributed by atoms with Crippen molar-refractivity contribution in [2.24, 2.45) is 4.99 Å². The van der Waals surface area contributed by atoms with Crippen molar-refractivity contribution in [1.82, 2.24) is 20.6 Å². The lowest BCUT2D eigenvalue weighted by Gasteiger charge is -2.10. The summed E-state index contributed by atoms with van der Waals surface area (Å²) in [6, 6.07) is 0. The van der Waals surface area contributed by atoms with Crippen LogP contribution in [0.1, 0.15) is 43.1 Å². The summed E-state index contributed by atoms with van der Waals surface area (Å²) in [5.74, 6) is 1.26. The van der Waals surface area contributed by atoms with Crippen LogP contribution in [-0.4, -0.2) is 36.6 Å². The Morgan fingerprint density at radius 2 is 1.92 bits per heavy atom. The second-order valence-corrected chi connectivity index (χ2v) is 7.62. The molecular weight excluding hydrogens is 340 g/mol. The van der Waals surface area contributed by atoms with E-state index in [1.165, 1.54) is 0 Å². The number of guanidine groups is 1. The normalized spacial score (nSPS) is 11.8. The van der Waals surface area contributed by atoms with E-state index >= 15 is 0 Å². The Kier molecular flexibility index (Phi) is 6.99. The van der Waals surface area contributed by atoms with Gasteiger partial charge in [-0.1, -0.05) is 13.8 Å². The molecule has 24 heavy (non-hydrogen) atoms. The molecule has 2 heterocycles. The molecule has 0 radical (unpaired) electrons. The van der Waals surface area contributed by atoms with Gasteiger partial charge in [0.05, 0.1) is 29.5 Å². The molecule has 0 saturated carbocycles. The second-order valence-electron chi connectivity index (χ2n) is 5.90. The highest BCUT2D eigenvalue weighted by molar-refractivity contribution is 7.13. The van der Waals surface area contributed by atoms with Gasteiger partial charge in [0.15, 0.2) is 11.1 Å². The van der Waals surface area contributed by atoms with E-state index in [2.05, 4.69) is 57.1 Å². The molecule has 0 fully saturated rings. The third-order valence-corrected chi connectivity index (χ3v) is 5.42. The van der Waals surface area contributed by atoms with Gasteiger partial charge < -0.3 is 15.5 Å². The molecule has 0 unspecified atom stereocenters. The molecule has 2 aromatic heterocycles. The Morgan fingerprint density at radius 1 is 1.17 bits per heavy atom. The molecule has 0 bridgehead atoms. The van der Waals surface area contributed by atoms with Gasteiger partial charge in [-0.15, -0.1) is 22.7 Å². The van der Waals surface area contributed by atoms with Crippen LogP contribution in [0.15, 0.2) is 15.8 Å². The third kappa shape index (κ3) is 5.45. The number of aromatic nitrogens is 2. The molecule has 2 aromatic rings. The molecule has 0 saturated heterocycles. The monoisotopic (exact) mass is 366 g/mol. The van der Waals surface area contributed by atoms with Crippen molar-refractivity contribution in [2.75, 3.05) is 25.5 Å². The first kappa shape index (κ1) is 18.7. The molecule has 0 amide bonds. The summed E-state index contributed by atoms with van der Waals surface area (Å²) in [5.41, 5.74) is 2.04. The number of nitrogens with zero attached hydrogens (tertiary/aromatic N) is 4. The average molecular weight is 367 g/mol. The number of hydrogen-bond donors (Lipinski definition) is 2. The smallest absolute Gasteiger partial charge is 0.191 e. The summed E-state index contributed by atoms with van der Waals surface area (Å²) < 4.78 is 0. The van der Waals surface area contributed by atoms with Gasteiger partial charge in [-0.3, -0.25) is 0 Å². The maximum Gasteiger partial charge on any atom is 0.191 e. The van der Waals surface area contributed by atoms with Gasteiger partial charge in [-0.2, -0.15) is 0 Å². The second kappa shape index (κ2) is 8.98. The summed E-state index contributed by atoms with van der Waals surface area (Å²) in [6.45, 7) is 8.44. The number of anilines is 1. The molecule has 0 aliphatic carbocycles. The zero-order valence-corrected chi connectivity index (χ0v) is 16.6. The van der Waals surface area contributed by atoms with E-state index in [1.807, 2.05) is 19.0 Å². The largest absolute Gasteiger partial charge is 0.357 e. The van der Waals surface area contributed by atoms with Crippen LogP contribution >= 0.6 is 22.7 Å². The number of aliphatic imine (C=N–C) groups is 1. The number of hydrogen-bond acceptors (Lipinski definition) is 6. The van der Waals surface area contributed by atoms with E-state index in [0.29, 0.717) is 19.0 Å². The Hall–Kier alpha value is -1.67. The lowest BCUT2D eigenvalue weighted by Crippen LogP contribution is -2.36. The van der Waals surface area contributed by atoms with Crippen LogP contribution in [0.2, 0.25) is 0 Å². The third-order valence-electron chi connectivity index (χ3n) is 3.17. The Balaban J connectivity index is 1.94. The quantitative estimate of drug-likeness (QED) is 0.582. The summed E-state index contributed by atoms with van der Waals surface area (Å²) in [4.78, 5) is 15.8. The predicted molar refractivity (Wildman–Crippen MR) is 104 cm³/mol. The van der Waals surface area contributed by atoms with Crippen molar-refractivity contribution < 1.29 is 0 Å². The van der Waals surface area contributed by atoms with E-state index in [4.69, 9.17) is 0 Å². The minimum atomic E-state index is 0.467. The minimum Gasteiger partial charge on any atom is -0.357 e. The number of thiazole rings is 2. The zero-order valence-electron chi connectivity index (χ0n) is 15.0. The van der Waals surface area contributed by atoms with Crippen LogP contribution in [0, 0.1) is 0 Å². The van der Waals surface area contributed by atoms with Crippen molar-refractivity contribution in [1.29, 1.82) is 0 Å². The zero-order chi connectivity index (χ0) is 17.5. The van der Waals surface area contributed by atoms with E-state index in [1.54, 1.807) is 22.7 Å². The highest BCUT2D eigenvalue weighted by Crippen LogP contribution is 2.19. The SMILES string of the molecule is CCNC(=NCc1csc(C(C)C)n1)NCc1csc(N(C)C)n1. The average Bonchev–Trinajstić information content (AvgIpc) is 3.19. The van der Waals surface area contributed by atoms with Gasteiger partial charge in [-0.25, -0.2) is 15.0 Å². The van der Waals surface area contributed by atoms with Gasteiger partial charge in [0.2, 0.25) is 0 Å². The highest BCUT2D eigenvalue weighted by Gasteiger charge is 2.07. The first-order valence-corrected chi connectivity index (χ1v) is 9.83. The Labute approximate surface area is 152 Å². The standard InChI is InChI=1S/C16H26N6S2/c1-6-17-15(18-7-12-9-23-14(20-12)11(2)3)19-8-13-10-24-16(21-13)22(4)5/h9-11H,6-8H2,1-5H3,(H2,17,18,19). The summed E-state index contributed by atoms with van der Waals surface area (Å²) in [6.07, 6.45) is 0. The maximum atomic E-state index is 4.62. The van der Waals surface area contributed by atoms with Gasteiger partial charge in [0, 0.05) is 37.3 Å². The van der Waals surface area contributed by atoms with Crippen LogP contribution in [0.5, 0.6) is 0 Å². The summed E-state index contributed by atoms with van der Waals surface area (Å²) >= 11 is 3.35. The van der Waals surface area contributed by atoms with E-state index < -0.39 is 0 Å². The van der Waals surface area contributed by atoms with E-state index in [-0.39, 0.29) is 0 Å². The van der Waals surface area contributed by atoms with Gasteiger partial charge >= 0.3 is 0 Å². The lowest BCUT2D eigenvalue weighted by atomic mass is 10.2.